The first-order valence-electron chi connectivity index (χ1n) is 5.53. The van der Waals surface area contributed by atoms with E-state index in [4.69, 9.17) is 0 Å². The van der Waals surface area contributed by atoms with Crippen LogP contribution in [-0.4, -0.2) is 21.2 Å². The molecule has 94 valence electrons. The number of nitrogens with zero attached hydrogens (tertiary/aromatic N) is 3. The Balaban J connectivity index is 1.72. The number of aromatic nitrogens is 2. The highest BCUT2D eigenvalue weighted by molar-refractivity contribution is 7.23. The summed E-state index contributed by atoms with van der Waals surface area (Å²) < 4.78 is 0. The van der Waals surface area contributed by atoms with Crippen molar-refractivity contribution in [3.05, 3.63) is 27.3 Å². The van der Waals surface area contributed by atoms with Gasteiger partial charge in [-0.05, 0) is 18.9 Å². The molecule has 0 bridgehead atoms. The Morgan fingerprint density at radius 1 is 1.39 bits per heavy atom. The summed E-state index contributed by atoms with van der Waals surface area (Å²) in [5, 5.41) is 23.9. The van der Waals surface area contributed by atoms with Crippen molar-refractivity contribution in [2.75, 3.05) is 0 Å². The topological polar surface area (TPSA) is 81.0 Å². The molecule has 0 aromatic carbocycles. The molecule has 1 aliphatic carbocycles. The highest BCUT2D eigenvalue weighted by Crippen LogP contribution is 2.34. The Labute approximate surface area is 111 Å². The standard InChI is InChI=1S/C10H10N4O2S2/c15-14(16)9-4-3-7(17-9)10-13-12-8(18-10)5-11-6-1-2-6/h3-4,6,11H,1-2,5H2. The van der Waals surface area contributed by atoms with Gasteiger partial charge in [-0.2, -0.15) is 0 Å². The summed E-state index contributed by atoms with van der Waals surface area (Å²) in [6.07, 6.45) is 2.48. The molecule has 0 aliphatic heterocycles. The van der Waals surface area contributed by atoms with E-state index < -0.39 is 0 Å². The van der Waals surface area contributed by atoms with Crippen LogP contribution >= 0.6 is 22.7 Å². The van der Waals surface area contributed by atoms with E-state index in [-0.39, 0.29) is 9.92 Å². The number of nitro groups is 1. The maximum atomic E-state index is 10.6. The molecule has 1 fully saturated rings. The fourth-order valence-corrected chi connectivity index (χ4v) is 3.15. The van der Waals surface area contributed by atoms with Crippen LogP contribution in [-0.2, 0) is 6.54 Å². The molecule has 3 rings (SSSR count). The summed E-state index contributed by atoms with van der Waals surface area (Å²) in [7, 11) is 0. The fraction of sp³-hybridized carbons (Fsp3) is 0.400. The molecule has 6 nitrogen and oxygen atoms in total. The van der Waals surface area contributed by atoms with Crippen LogP contribution in [0.1, 0.15) is 17.8 Å². The second-order valence-electron chi connectivity index (χ2n) is 4.05. The quantitative estimate of drug-likeness (QED) is 0.673. The molecule has 0 unspecified atom stereocenters. The first-order chi connectivity index (χ1) is 8.72. The zero-order chi connectivity index (χ0) is 12.5. The zero-order valence-corrected chi connectivity index (χ0v) is 11.0. The van der Waals surface area contributed by atoms with E-state index in [0.29, 0.717) is 6.04 Å². The van der Waals surface area contributed by atoms with Crippen LogP contribution in [0.3, 0.4) is 0 Å². The summed E-state index contributed by atoms with van der Waals surface area (Å²) >= 11 is 2.62. The number of nitrogens with one attached hydrogen (secondary N) is 1. The van der Waals surface area contributed by atoms with Gasteiger partial charge in [0.1, 0.15) is 5.01 Å². The molecule has 2 heterocycles. The second-order valence-corrected chi connectivity index (χ2v) is 6.18. The van der Waals surface area contributed by atoms with Crippen LogP contribution in [0.15, 0.2) is 12.1 Å². The Bertz CT molecular complexity index is 576. The van der Waals surface area contributed by atoms with Crippen molar-refractivity contribution in [1.29, 1.82) is 0 Å². The summed E-state index contributed by atoms with van der Waals surface area (Å²) in [4.78, 5) is 11.0. The lowest BCUT2D eigenvalue weighted by Gasteiger charge is -1.95. The van der Waals surface area contributed by atoms with Crippen LogP contribution < -0.4 is 5.32 Å². The third kappa shape index (κ3) is 2.55. The molecular weight excluding hydrogens is 272 g/mol. The predicted octanol–water partition coefficient (Wildman–Crippen LogP) is 2.43. The van der Waals surface area contributed by atoms with Crippen molar-refractivity contribution >= 4 is 27.7 Å². The van der Waals surface area contributed by atoms with Crippen molar-refractivity contribution < 1.29 is 4.92 Å². The van der Waals surface area contributed by atoms with E-state index in [1.165, 1.54) is 30.2 Å². The average molecular weight is 282 g/mol. The smallest absolute Gasteiger partial charge is 0.308 e. The first kappa shape index (κ1) is 11.7. The Morgan fingerprint density at radius 3 is 2.89 bits per heavy atom. The molecule has 0 amide bonds. The molecule has 1 N–H and O–H groups in total. The number of hydrogen-bond donors (Lipinski definition) is 1. The molecule has 2 aromatic rings. The number of hydrogen-bond acceptors (Lipinski definition) is 7. The Kier molecular flexibility index (Phi) is 3.06. The molecule has 0 spiro atoms. The van der Waals surface area contributed by atoms with E-state index in [9.17, 15) is 10.1 Å². The third-order valence-electron chi connectivity index (χ3n) is 2.57. The van der Waals surface area contributed by atoms with Gasteiger partial charge in [0.15, 0.2) is 5.01 Å². The second kappa shape index (κ2) is 4.71. The summed E-state index contributed by atoms with van der Waals surface area (Å²) in [6, 6.07) is 3.87. The largest absolute Gasteiger partial charge is 0.324 e. The minimum atomic E-state index is -0.384. The predicted molar refractivity (Wildman–Crippen MR) is 69.7 cm³/mol. The molecular formula is C10H10N4O2S2. The Hall–Kier alpha value is -1.38. The number of rotatable bonds is 5. The molecule has 0 radical (unpaired) electrons. The van der Waals surface area contributed by atoms with Crippen molar-refractivity contribution in [3.8, 4) is 9.88 Å². The monoisotopic (exact) mass is 282 g/mol. The van der Waals surface area contributed by atoms with Crippen LogP contribution in [0.5, 0.6) is 0 Å². The van der Waals surface area contributed by atoms with E-state index in [0.717, 1.165) is 32.8 Å². The highest BCUT2D eigenvalue weighted by Gasteiger charge is 2.21. The van der Waals surface area contributed by atoms with Gasteiger partial charge in [-0.3, -0.25) is 10.1 Å². The third-order valence-corrected chi connectivity index (χ3v) is 4.70. The van der Waals surface area contributed by atoms with Crippen LogP contribution in [0.4, 0.5) is 5.00 Å². The SMILES string of the molecule is O=[N+]([O-])c1ccc(-c2nnc(CNC3CC3)s2)s1. The number of thiophene rings is 1. The summed E-state index contributed by atoms with van der Waals surface area (Å²) in [6.45, 7) is 0.732. The maximum absolute atomic E-state index is 10.6. The van der Waals surface area contributed by atoms with Crippen LogP contribution in [0.25, 0.3) is 9.88 Å². The summed E-state index contributed by atoms with van der Waals surface area (Å²) in [5.74, 6) is 0. The van der Waals surface area contributed by atoms with Crippen LogP contribution in [0.2, 0.25) is 0 Å². The van der Waals surface area contributed by atoms with E-state index >= 15 is 0 Å². The Morgan fingerprint density at radius 2 is 2.22 bits per heavy atom. The molecule has 18 heavy (non-hydrogen) atoms. The van der Waals surface area contributed by atoms with Crippen LogP contribution in [0, 0.1) is 10.1 Å². The molecule has 1 saturated carbocycles. The van der Waals surface area contributed by atoms with Crippen molar-refractivity contribution in [1.82, 2.24) is 15.5 Å². The van der Waals surface area contributed by atoms with E-state index in [1.54, 1.807) is 6.07 Å². The van der Waals surface area contributed by atoms with Gasteiger partial charge in [-0.25, -0.2) is 0 Å². The van der Waals surface area contributed by atoms with Gasteiger partial charge in [0, 0.05) is 18.7 Å². The molecule has 8 heteroatoms. The van der Waals surface area contributed by atoms with E-state index in [2.05, 4.69) is 15.5 Å². The highest BCUT2D eigenvalue weighted by atomic mass is 32.1. The molecule has 1 aliphatic rings. The maximum Gasteiger partial charge on any atom is 0.324 e. The van der Waals surface area contributed by atoms with Crippen molar-refractivity contribution in [2.45, 2.75) is 25.4 Å². The van der Waals surface area contributed by atoms with Crippen molar-refractivity contribution in [3.63, 3.8) is 0 Å². The van der Waals surface area contributed by atoms with E-state index in [1.807, 2.05) is 0 Å². The minimum Gasteiger partial charge on any atom is -0.308 e. The van der Waals surface area contributed by atoms with Gasteiger partial charge >= 0.3 is 5.00 Å². The van der Waals surface area contributed by atoms with Gasteiger partial charge in [-0.1, -0.05) is 22.7 Å². The summed E-state index contributed by atoms with van der Waals surface area (Å²) in [5.41, 5.74) is 0. The zero-order valence-electron chi connectivity index (χ0n) is 9.33. The molecule has 0 atom stereocenters. The van der Waals surface area contributed by atoms with Gasteiger partial charge in [0.25, 0.3) is 0 Å². The van der Waals surface area contributed by atoms with Gasteiger partial charge < -0.3 is 5.32 Å². The first-order valence-corrected chi connectivity index (χ1v) is 7.16. The van der Waals surface area contributed by atoms with Gasteiger partial charge in [0.05, 0.1) is 9.80 Å². The van der Waals surface area contributed by atoms with Gasteiger partial charge in [0.2, 0.25) is 0 Å². The molecule has 2 aromatic heterocycles. The van der Waals surface area contributed by atoms with Gasteiger partial charge in [-0.15, -0.1) is 10.2 Å². The van der Waals surface area contributed by atoms with Crippen molar-refractivity contribution in [2.24, 2.45) is 0 Å². The normalized spacial score (nSPS) is 14.9. The fourth-order valence-electron chi connectivity index (χ4n) is 1.48. The lowest BCUT2D eigenvalue weighted by atomic mass is 10.5. The minimum absolute atomic E-state index is 0.137. The average Bonchev–Trinajstić information content (AvgIpc) is 2.88. The molecule has 0 saturated heterocycles. The lowest BCUT2D eigenvalue weighted by molar-refractivity contribution is -0.380. The lowest BCUT2D eigenvalue weighted by Crippen LogP contribution is -2.14.